The largest absolute Gasteiger partial charge is 0.472 e. The molecule has 1 fully saturated rings. The van der Waals surface area contributed by atoms with Crippen LogP contribution < -0.4 is 16.0 Å². The number of benzene rings is 1. The minimum atomic E-state index is 0.0416. The summed E-state index contributed by atoms with van der Waals surface area (Å²) in [5.74, 6) is 0.0416. The van der Waals surface area contributed by atoms with Gasteiger partial charge < -0.3 is 20.4 Å². The Balaban J connectivity index is 1.51. The molecule has 0 atom stereocenters. The van der Waals surface area contributed by atoms with Gasteiger partial charge in [-0.25, -0.2) is 4.98 Å². The number of ketones is 1. The number of aromatic nitrogens is 1. The van der Waals surface area contributed by atoms with Gasteiger partial charge in [0.05, 0.1) is 23.6 Å². The van der Waals surface area contributed by atoms with Crippen LogP contribution in [0.25, 0.3) is 11.1 Å². The maximum absolute atomic E-state index is 12.7. The summed E-state index contributed by atoms with van der Waals surface area (Å²) in [6.07, 6.45) is 5.26. The van der Waals surface area contributed by atoms with Gasteiger partial charge in [0, 0.05) is 43.9 Å². The van der Waals surface area contributed by atoms with Crippen LogP contribution in [0.4, 0.5) is 10.8 Å². The number of rotatable bonds is 5. The van der Waals surface area contributed by atoms with E-state index in [-0.39, 0.29) is 12.2 Å². The Kier molecular flexibility index (Phi) is 4.73. The van der Waals surface area contributed by atoms with E-state index in [0.717, 1.165) is 48.0 Å². The Bertz CT molecular complexity index is 898. The summed E-state index contributed by atoms with van der Waals surface area (Å²) in [4.78, 5) is 20.0. The van der Waals surface area contributed by atoms with E-state index in [4.69, 9.17) is 10.2 Å². The topological polar surface area (TPSA) is 84.4 Å². The number of Topliss-reactive ketones (excluding diaryl/α,β-unsaturated/α-hetero) is 1. The molecule has 6 nitrogen and oxygen atoms in total. The average Bonchev–Trinajstić information content (AvgIpc) is 3.36. The van der Waals surface area contributed by atoms with Crippen molar-refractivity contribution in [3.05, 3.63) is 53.4 Å². The van der Waals surface area contributed by atoms with Crippen molar-refractivity contribution in [2.24, 2.45) is 0 Å². The molecule has 3 aromatic rings. The van der Waals surface area contributed by atoms with Crippen LogP contribution in [-0.4, -0.2) is 36.9 Å². The molecule has 1 saturated heterocycles. The molecule has 4 rings (SSSR count). The number of hydrogen-bond donors (Lipinski definition) is 2. The molecule has 1 aliphatic heterocycles. The standard InChI is InChI=1S/C19H20N4O2S/c20-16-2-1-13(14-3-8-25-12-14)9-15(16)10-17(24)18-11-22-19(26-18)23-6-4-21-5-7-23/h1-3,8-9,11-12,21H,4-7,10,20H2. The quantitative estimate of drug-likeness (QED) is 0.532. The summed E-state index contributed by atoms with van der Waals surface area (Å²) >= 11 is 1.46. The average molecular weight is 368 g/mol. The van der Waals surface area contributed by atoms with Gasteiger partial charge in [-0.2, -0.15) is 0 Å². The molecule has 0 amide bonds. The number of thiazole rings is 1. The van der Waals surface area contributed by atoms with E-state index in [9.17, 15) is 4.79 Å². The van der Waals surface area contributed by atoms with Crippen LogP contribution in [0.15, 0.2) is 47.4 Å². The summed E-state index contributed by atoms with van der Waals surface area (Å²) in [7, 11) is 0. The normalized spacial score (nSPS) is 14.5. The molecule has 134 valence electrons. The number of piperazine rings is 1. The van der Waals surface area contributed by atoms with Crippen LogP contribution in [0.1, 0.15) is 15.2 Å². The van der Waals surface area contributed by atoms with E-state index < -0.39 is 0 Å². The molecule has 1 aliphatic rings. The third-order valence-corrected chi connectivity index (χ3v) is 5.60. The molecule has 0 unspecified atom stereocenters. The molecule has 26 heavy (non-hydrogen) atoms. The van der Waals surface area contributed by atoms with Crippen molar-refractivity contribution in [2.75, 3.05) is 36.8 Å². The molecule has 3 heterocycles. The summed E-state index contributed by atoms with van der Waals surface area (Å²) in [6, 6.07) is 7.61. The second-order valence-corrected chi connectivity index (χ2v) is 7.28. The Labute approximate surface area is 155 Å². The molecular weight excluding hydrogens is 348 g/mol. The van der Waals surface area contributed by atoms with Gasteiger partial charge in [0.2, 0.25) is 0 Å². The van der Waals surface area contributed by atoms with Gasteiger partial charge in [-0.15, -0.1) is 0 Å². The lowest BCUT2D eigenvalue weighted by Crippen LogP contribution is -2.43. The summed E-state index contributed by atoms with van der Waals surface area (Å²) in [6.45, 7) is 3.72. The van der Waals surface area contributed by atoms with Crippen LogP contribution >= 0.6 is 11.3 Å². The van der Waals surface area contributed by atoms with Crippen LogP contribution in [-0.2, 0) is 6.42 Å². The molecule has 0 bridgehead atoms. The number of nitrogen functional groups attached to an aromatic ring is 1. The van der Waals surface area contributed by atoms with Gasteiger partial charge in [0.1, 0.15) is 0 Å². The van der Waals surface area contributed by atoms with E-state index >= 15 is 0 Å². The SMILES string of the molecule is Nc1ccc(-c2ccoc2)cc1CC(=O)c1cnc(N2CCNCC2)s1. The monoisotopic (exact) mass is 368 g/mol. The zero-order valence-electron chi connectivity index (χ0n) is 14.3. The van der Waals surface area contributed by atoms with Gasteiger partial charge >= 0.3 is 0 Å². The first kappa shape index (κ1) is 16.8. The van der Waals surface area contributed by atoms with Crippen LogP contribution in [0.2, 0.25) is 0 Å². The first-order valence-corrected chi connectivity index (χ1v) is 9.38. The van der Waals surface area contributed by atoms with Gasteiger partial charge in [-0.05, 0) is 29.3 Å². The molecule has 0 radical (unpaired) electrons. The highest BCUT2D eigenvalue weighted by atomic mass is 32.1. The van der Waals surface area contributed by atoms with E-state index in [1.165, 1.54) is 11.3 Å². The number of anilines is 2. The van der Waals surface area contributed by atoms with E-state index in [1.807, 2.05) is 24.3 Å². The van der Waals surface area contributed by atoms with Crippen LogP contribution in [0, 0.1) is 0 Å². The number of furan rings is 1. The van der Waals surface area contributed by atoms with Crippen molar-refractivity contribution >= 4 is 27.9 Å². The van der Waals surface area contributed by atoms with Crippen molar-refractivity contribution in [1.29, 1.82) is 0 Å². The van der Waals surface area contributed by atoms with Crippen LogP contribution in [0.5, 0.6) is 0 Å². The molecule has 0 aliphatic carbocycles. The van der Waals surface area contributed by atoms with E-state index in [2.05, 4.69) is 15.2 Å². The molecule has 3 N–H and O–H groups in total. The van der Waals surface area contributed by atoms with Gasteiger partial charge in [0.15, 0.2) is 10.9 Å². The van der Waals surface area contributed by atoms with Crippen LogP contribution in [0.3, 0.4) is 0 Å². The van der Waals surface area contributed by atoms with Crippen molar-refractivity contribution < 1.29 is 9.21 Å². The Morgan fingerprint density at radius 3 is 2.88 bits per heavy atom. The number of nitrogens with zero attached hydrogens (tertiary/aromatic N) is 2. The molecular formula is C19H20N4O2S. The highest BCUT2D eigenvalue weighted by Crippen LogP contribution is 2.27. The van der Waals surface area contributed by atoms with Crippen molar-refractivity contribution in [3.63, 3.8) is 0 Å². The van der Waals surface area contributed by atoms with Crippen molar-refractivity contribution in [1.82, 2.24) is 10.3 Å². The van der Waals surface area contributed by atoms with Gasteiger partial charge in [-0.3, -0.25) is 4.79 Å². The molecule has 7 heteroatoms. The van der Waals surface area contributed by atoms with E-state index in [1.54, 1.807) is 18.7 Å². The zero-order chi connectivity index (χ0) is 17.9. The number of carbonyl (C=O) groups excluding carboxylic acids is 1. The fraction of sp³-hybridized carbons (Fsp3) is 0.263. The number of nitrogens with one attached hydrogen (secondary N) is 1. The third-order valence-electron chi connectivity index (χ3n) is 4.50. The zero-order valence-corrected chi connectivity index (χ0v) is 15.1. The second-order valence-electron chi connectivity index (χ2n) is 6.27. The molecule has 1 aromatic carbocycles. The van der Waals surface area contributed by atoms with Gasteiger partial charge in [-0.1, -0.05) is 17.4 Å². The molecule has 0 spiro atoms. The molecule has 0 saturated carbocycles. The predicted octanol–water partition coefficient (Wildman–Crippen LogP) is 2.82. The van der Waals surface area contributed by atoms with Crippen molar-refractivity contribution in [3.8, 4) is 11.1 Å². The summed E-state index contributed by atoms with van der Waals surface area (Å²) in [5, 5.41) is 4.23. The first-order valence-electron chi connectivity index (χ1n) is 8.56. The Hall–Kier alpha value is -2.64. The number of hydrogen-bond acceptors (Lipinski definition) is 7. The lowest BCUT2D eigenvalue weighted by molar-refractivity contribution is 0.0997. The summed E-state index contributed by atoms with van der Waals surface area (Å²) in [5.41, 5.74) is 9.49. The lowest BCUT2D eigenvalue weighted by atomic mass is 10.0. The third kappa shape index (κ3) is 3.49. The lowest BCUT2D eigenvalue weighted by Gasteiger charge is -2.26. The highest BCUT2D eigenvalue weighted by molar-refractivity contribution is 7.17. The Morgan fingerprint density at radius 2 is 2.12 bits per heavy atom. The molecule has 2 aromatic heterocycles. The number of carbonyl (C=O) groups is 1. The van der Waals surface area contributed by atoms with Gasteiger partial charge in [0.25, 0.3) is 0 Å². The maximum Gasteiger partial charge on any atom is 0.186 e. The second kappa shape index (κ2) is 7.31. The highest BCUT2D eigenvalue weighted by Gasteiger charge is 2.18. The summed E-state index contributed by atoms with van der Waals surface area (Å²) < 4.78 is 5.14. The maximum atomic E-state index is 12.7. The van der Waals surface area contributed by atoms with Crippen molar-refractivity contribution in [2.45, 2.75) is 6.42 Å². The first-order chi connectivity index (χ1) is 12.7. The minimum Gasteiger partial charge on any atom is -0.472 e. The smallest absolute Gasteiger partial charge is 0.186 e. The minimum absolute atomic E-state index is 0.0416. The van der Waals surface area contributed by atoms with E-state index in [0.29, 0.717) is 10.6 Å². The number of nitrogens with two attached hydrogens (primary N) is 1. The fourth-order valence-corrected chi connectivity index (χ4v) is 3.93. The predicted molar refractivity (Wildman–Crippen MR) is 104 cm³/mol. The fourth-order valence-electron chi connectivity index (χ4n) is 3.02. The Morgan fingerprint density at radius 1 is 1.27 bits per heavy atom.